The molecule has 0 bridgehead atoms. The molecule has 0 amide bonds. The Morgan fingerprint density at radius 2 is 1.16 bits per heavy atom. The van der Waals surface area contributed by atoms with Gasteiger partial charge in [-0.05, 0) is 48.2 Å². The van der Waals surface area contributed by atoms with E-state index in [4.69, 9.17) is 18.9 Å². The zero-order valence-electron chi connectivity index (χ0n) is 21.4. The van der Waals surface area contributed by atoms with Gasteiger partial charge in [-0.3, -0.25) is 0 Å². The van der Waals surface area contributed by atoms with Crippen LogP contribution in [0.15, 0.2) is 84.9 Å². The second-order valence-corrected chi connectivity index (χ2v) is 8.67. The first-order valence-electron chi connectivity index (χ1n) is 12.0. The first kappa shape index (κ1) is 26.3. The lowest BCUT2D eigenvalue weighted by Crippen LogP contribution is -2.14. The van der Waals surface area contributed by atoms with Crippen LogP contribution in [0.4, 0.5) is 0 Å². The average molecular weight is 513 g/mol. The summed E-state index contributed by atoms with van der Waals surface area (Å²) in [5, 5.41) is 9.75. The molecule has 7 nitrogen and oxygen atoms in total. The second kappa shape index (κ2) is 12.0. The molecule has 0 saturated carbocycles. The number of benzene rings is 4. The van der Waals surface area contributed by atoms with E-state index in [0.29, 0.717) is 22.6 Å². The number of carbonyl (C=O) groups is 2. The van der Waals surface area contributed by atoms with Crippen molar-refractivity contribution < 1.29 is 33.6 Å². The third kappa shape index (κ3) is 6.31. The Morgan fingerprint density at radius 1 is 0.684 bits per heavy atom. The molecule has 0 unspecified atom stereocenters. The number of carboxylic acid groups (broad SMARTS) is 1. The number of hydrogen-bond acceptors (Lipinski definition) is 6. The van der Waals surface area contributed by atoms with Crippen LogP contribution in [0.5, 0.6) is 23.0 Å². The van der Waals surface area contributed by atoms with E-state index < -0.39 is 11.9 Å². The SMILES string of the molecule is COc1cc(C)c(C(=O)Oc2cc(C)c(C(=O)O)c(OCc3ccccc3)c2)c(OCc2ccccc2)c1. The van der Waals surface area contributed by atoms with Gasteiger partial charge in [0, 0.05) is 12.1 Å². The lowest BCUT2D eigenvalue weighted by molar-refractivity contribution is 0.0690. The van der Waals surface area contributed by atoms with E-state index in [0.717, 1.165) is 11.1 Å². The standard InChI is InChI=1S/C31H28O7/c1-20-15-25(17-26(28(20)30(32)33)36-18-22-10-6-4-7-11-22)38-31(34)29-21(2)14-24(35-3)16-27(29)37-19-23-12-8-5-9-13-23/h4-17H,18-19H2,1-3H3,(H,32,33). The summed E-state index contributed by atoms with van der Waals surface area (Å²) in [5.74, 6) is -0.660. The smallest absolute Gasteiger partial charge is 0.347 e. The molecule has 0 atom stereocenters. The van der Waals surface area contributed by atoms with E-state index in [9.17, 15) is 14.7 Å². The highest BCUT2D eigenvalue weighted by Gasteiger charge is 2.23. The Labute approximate surface area is 221 Å². The molecular formula is C31H28O7. The highest BCUT2D eigenvalue weighted by atomic mass is 16.5. The summed E-state index contributed by atoms with van der Waals surface area (Å²) in [4.78, 5) is 25.3. The van der Waals surface area contributed by atoms with Gasteiger partial charge in [-0.25, -0.2) is 9.59 Å². The van der Waals surface area contributed by atoms with Crippen molar-refractivity contribution in [3.05, 3.63) is 118 Å². The van der Waals surface area contributed by atoms with Gasteiger partial charge in [0.05, 0.1) is 7.11 Å². The number of aryl methyl sites for hydroxylation is 2. The predicted octanol–water partition coefficient (Wildman–Crippen LogP) is 6.39. The molecule has 0 aliphatic heterocycles. The van der Waals surface area contributed by atoms with Crippen molar-refractivity contribution in [2.75, 3.05) is 7.11 Å². The molecule has 0 aromatic heterocycles. The molecule has 4 rings (SSSR count). The van der Waals surface area contributed by atoms with Crippen molar-refractivity contribution in [2.24, 2.45) is 0 Å². The third-order valence-electron chi connectivity index (χ3n) is 5.88. The number of esters is 1. The van der Waals surface area contributed by atoms with Gasteiger partial charge in [0.15, 0.2) is 0 Å². The van der Waals surface area contributed by atoms with E-state index in [1.54, 1.807) is 26.0 Å². The summed E-state index contributed by atoms with van der Waals surface area (Å²) >= 11 is 0. The minimum atomic E-state index is -1.13. The lowest BCUT2D eigenvalue weighted by Gasteiger charge is -2.17. The predicted molar refractivity (Wildman–Crippen MR) is 142 cm³/mol. The Morgan fingerprint density at radius 3 is 1.68 bits per heavy atom. The van der Waals surface area contributed by atoms with Gasteiger partial charge in [0.1, 0.15) is 47.3 Å². The molecule has 0 fully saturated rings. The largest absolute Gasteiger partial charge is 0.497 e. The van der Waals surface area contributed by atoms with Crippen molar-refractivity contribution in [1.82, 2.24) is 0 Å². The molecule has 0 heterocycles. The summed E-state index contributed by atoms with van der Waals surface area (Å²) in [6, 6.07) is 25.2. The number of methoxy groups -OCH3 is 1. The maximum Gasteiger partial charge on any atom is 0.347 e. The third-order valence-corrected chi connectivity index (χ3v) is 5.88. The monoisotopic (exact) mass is 512 g/mol. The van der Waals surface area contributed by atoms with E-state index in [1.165, 1.54) is 19.2 Å². The Bertz CT molecular complexity index is 1430. The Balaban J connectivity index is 1.62. The summed E-state index contributed by atoms with van der Waals surface area (Å²) in [6.45, 7) is 3.80. The van der Waals surface area contributed by atoms with Crippen LogP contribution < -0.4 is 18.9 Å². The van der Waals surface area contributed by atoms with Gasteiger partial charge >= 0.3 is 11.9 Å². The maximum absolute atomic E-state index is 13.4. The number of rotatable bonds is 10. The fourth-order valence-electron chi connectivity index (χ4n) is 4.01. The molecule has 1 N–H and O–H groups in total. The lowest BCUT2D eigenvalue weighted by atomic mass is 10.1. The minimum absolute atomic E-state index is 0.00763. The summed E-state index contributed by atoms with van der Waals surface area (Å²) < 4.78 is 22.9. The topological polar surface area (TPSA) is 91.3 Å². The van der Waals surface area contributed by atoms with E-state index in [2.05, 4.69) is 0 Å². The fraction of sp³-hybridized carbons (Fsp3) is 0.161. The van der Waals surface area contributed by atoms with Gasteiger partial charge in [0.2, 0.25) is 0 Å². The number of ether oxygens (including phenoxy) is 4. The summed E-state index contributed by atoms with van der Waals surface area (Å²) in [7, 11) is 1.54. The highest BCUT2D eigenvalue weighted by molar-refractivity contribution is 5.97. The van der Waals surface area contributed by atoms with E-state index in [-0.39, 0.29) is 35.8 Å². The van der Waals surface area contributed by atoms with E-state index in [1.807, 2.05) is 60.7 Å². The van der Waals surface area contributed by atoms with Gasteiger partial charge in [0.25, 0.3) is 0 Å². The van der Waals surface area contributed by atoms with Crippen LogP contribution in [0.3, 0.4) is 0 Å². The molecule has 0 saturated heterocycles. The van der Waals surface area contributed by atoms with Crippen molar-refractivity contribution in [2.45, 2.75) is 27.1 Å². The van der Waals surface area contributed by atoms with Crippen LogP contribution in [0.25, 0.3) is 0 Å². The fourth-order valence-corrected chi connectivity index (χ4v) is 4.01. The molecule has 7 heteroatoms. The van der Waals surface area contributed by atoms with Gasteiger partial charge in [-0.1, -0.05) is 60.7 Å². The quantitative estimate of drug-likeness (QED) is 0.195. The zero-order valence-corrected chi connectivity index (χ0v) is 21.4. The number of aromatic carboxylic acids is 1. The van der Waals surface area contributed by atoms with Crippen molar-refractivity contribution in [1.29, 1.82) is 0 Å². The number of carbonyl (C=O) groups excluding carboxylic acids is 1. The van der Waals surface area contributed by atoms with Gasteiger partial charge in [-0.15, -0.1) is 0 Å². The van der Waals surface area contributed by atoms with Crippen LogP contribution in [0.2, 0.25) is 0 Å². The van der Waals surface area contributed by atoms with Crippen LogP contribution in [-0.2, 0) is 13.2 Å². The molecule has 4 aromatic carbocycles. The van der Waals surface area contributed by atoms with Crippen LogP contribution in [0, 0.1) is 13.8 Å². The average Bonchev–Trinajstić information content (AvgIpc) is 2.91. The molecule has 4 aromatic rings. The normalized spacial score (nSPS) is 10.5. The molecule has 0 radical (unpaired) electrons. The highest BCUT2D eigenvalue weighted by Crippen LogP contribution is 2.33. The van der Waals surface area contributed by atoms with Crippen molar-refractivity contribution in [3.8, 4) is 23.0 Å². The number of hydrogen-bond donors (Lipinski definition) is 1. The maximum atomic E-state index is 13.4. The Hall–Kier alpha value is -4.78. The van der Waals surface area contributed by atoms with Crippen LogP contribution in [0.1, 0.15) is 43.0 Å². The van der Waals surface area contributed by atoms with E-state index >= 15 is 0 Å². The Kier molecular flexibility index (Phi) is 8.28. The first-order chi connectivity index (χ1) is 18.4. The minimum Gasteiger partial charge on any atom is -0.497 e. The zero-order chi connectivity index (χ0) is 27.1. The van der Waals surface area contributed by atoms with Gasteiger partial charge in [-0.2, -0.15) is 0 Å². The molecule has 0 aliphatic rings. The first-order valence-corrected chi connectivity index (χ1v) is 12.0. The number of carboxylic acids is 1. The van der Waals surface area contributed by atoms with Crippen molar-refractivity contribution >= 4 is 11.9 Å². The molecule has 0 spiro atoms. The van der Waals surface area contributed by atoms with Crippen molar-refractivity contribution in [3.63, 3.8) is 0 Å². The van der Waals surface area contributed by atoms with Crippen LogP contribution >= 0.6 is 0 Å². The molecular weight excluding hydrogens is 484 g/mol. The second-order valence-electron chi connectivity index (χ2n) is 8.67. The summed E-state index contributed by atoms with van der Waals surface area (Å²) in [6.07, 6.45) is 0. The van der Waals surface area contributed by atoms with Crippen LogP contribution in [-0.4, -0.2) is 24.2 Å². The molecule has 194 valence electrons. The van der Waals surface area contributed by atoms with Gasteiger partial charge < -0.3 is 24.1 Å². The molecule has 38 heavy (non-hydrogen) atoms. The summed E-state index contributed by atoms with van der Waals surface area (Å²) in [5.41, 5.74) is 3.07. The molecule has 0 aliphatic carbocycles.